The molecule has 1 amide bonds. The molecule has 0 fully saturated rings. The summed E-state index contributed by atoms with van der Waals surface area (Å²) in [6, 6.07) is 13.4. The molecule has 188 valence electrons. The minimum absolute atomic E-state index is 0.105. The third-order valence-electron chi connectivity index (χ3n) is 6.03. The Morgan fingerprint density at radius 1 is 1.11 bits per heavy atom. The molecule has 1 aromatic heterocycles. The first-order valence-electron chi connectivity index (χ1n) is 11.6. The molecular formula is C26H34N4O3S2. The van der Waals surface area contributed by atoms with E-state index in [0.29, 0.717) is 13.1 Å². The molecule has 3 rings (SSSR count). The van der Waals surface area contributed by atoms with Crippen molar-refractivity contribution >= 4 is 33.0 Å². The average molecular weight is 515 g/mol. The van der Waals surface area contributed by atoms with Gasteiger partial charge in [0.15, 0.2) is 0 Å². The van der Waals surface area contributed by atoms with Gasteiger partial charge in [-0.15, -0.1) is 11.3 Å². The molecule has 1 heterocycles. The van der Waals surface area contributed by atoms with Crippen molar-refractivity contribution in [3.05, 3.63) is 76.2 Å². The second-order valence-corrected chi connectivity index (χ2v) is 12.4. The lowest BCUT2D eigenvalue weighted by atomic mass is 9.87. The van der Waals surface area contributed by atoms with Gasteiger partial charge in [-0.1, -0.05) is 52.0 Å². The molecule has 1 unspecified atom stereocenters. The average Bonchev–Trinajstić information content (AvgIpc) is 3.33. The number of nitrogens with zero attached hydrogens (tertiary/aromatic N) is 3. The number of hydrogen-bond acceptors (Lipinski definition) is 6. The van der Waals surface area contributed by atoms with E-state index in [4.69, 9.17) is 5.73 Å². The summed E-state index contributed by atoms with van der Waals surface area (Å²) in [4.78, 5) is 18.9. The van der Waals surface area contributed by atoms with E-state index in [1.165, 1.54) is 4.31 Å². The van der Waals surface area contributed by atoms with Crippen LogP contribution in [0, 0.1) is 0 Å². The number of primary amides is 1. The Morgan fingerprint density at radius 2 is 1.77 bits per heavy atom. The van der Waals surface area contributed by atoms with Gasteiger partial charge in [-0.2, -0.15) is 0 Å². The summed E-state index contributed by atoms with van der Waals surface area (Å²) >= 11 is 1.57. The zero-order valence-corrected chi connectivity index (χ0v) is 22.6. The highest BCUT2D eigenvalue weighted by molar-refractivity contribution is 7.92. The predicted molar refractivity (Wildman–Crippen MR) is 142 cm³/mol. The summed E-state index contributed by atoms with van der Waals surface area (Å²) in [5, 5.41) is 2.89. The van der Waals surface area contributed by atoms with Gasteiger partial charge in [0.25, 0.3) is 15.9 Å². The second kappa shape index (κ2) is 10.9. The number of likely N-dealkylation sites (N-methyl/N-ethyl adjacent to an activating group) is 1. The van der Waals surface area contributed by atoms with Gasteiger partial charge in [0, 0.05) is 24.2 Å². The van der Waals surface area contributed by atoms with Crippen molar-refractivity contribution in [3.63, 3.8) is 0 Å². The van der Waals surface area contributed by atoms with Crippen LogP contribution in [0.15, 0.2) is 65.0 Å². The number of thiazole rings is 1. The number of hydrogen-bond donors (Lipinski definition) is 1. The number of amides is 1. The lowest BCUT2D eigenvalue weighted by molar-refractivity contribution is 0.100. The lowest BCUT2D eigenvalue weighted by Gasteiger charge is -2.33. The molecule has 2 aromatic carbocycles. The molecule has 2 N–H and O–H groups in total. The van der Waals surface area contributed by atoms with E-state index in [-0.39, 0.29) is 34.1 Å². The van der Waals surface area contributed by atoms with Crippen LogP contribution in [-0.4, -0.2) is 43.3 Å². The number of nitrogens with two attached hydrogens (primary N) is 1. The molecule has 0 aliphatic heterocycles. The molecule has 9 heteroatoms. The molecule has 0 aliphatic rings. The Kier molecular flexibility index (Phi) is 8.35. The minimum atomic E-state index is -3.99. The van der Waals surface area contributed by atoms with E-state index in [1.807, 2.05) is 31.4 Å². The summed E-state index contributed by atoms with van der Waals surface area (Å²) < 4.78 is 29.3. The van der Waals surface area contributed by atoms with Crippen LogP contribution < -0.4 is 10.0 Å². The van der Waals surface area contributed by atoms with Gasteiger partial charge in [-0.25, -0.2) is 13.4 Å². The SMILES string of the molecule is CCN(Cc1nccs1)C(C)CN(c1ccccc1C(N)=O)S(=O)(=O)c1ccc(C(C)(C)C)cc1. The molecule has 0 bridgehead atoms. The van der Waals surface area contributed by atoms with E-state index < -0.39 is 15.9 Å². The fourth-order valence-electron chi connectivity index (χ4n) is 3.92. The Labute approximate surface area is 212 Å². The van der Waals surface area contributed by atoms with Crippen molar-refractivity contribution in [1.82, 2.24) is 9.88 Å². The normalized spacial score (nSPS) is 13.1. The highest BCUT2D eigenvalue weighted by Gasteiger charge is 2.31. The van der Waals surface area contributed by atoms with Gasteiger partial charge in [0.2, 0.25) is 0 Å². The Morgan fingerprint density at radius 3 is 2.31 bits per heavy atom. The van der Waals surface area contributed by atoms with E-state index in [0.717, 1.165) is 10.6 Å². The molecule has 1 atom stereocenters. The van der Waals surface area contributed by atoms with Crippen LogP contribution in [0.2, 0.25) is 0 Å². The summed E-state index contributed by atoms with van der Waals surface area (Å²) in [6.07, 6.45) is 1.76. The molecule has 0 radical (unpaired) electrons. The number of para-hydroxylation sites is 1. The Balaban J connectivity index is 2.04. The number of benzene rings is 2. The number of sulfonamides is 1. The van der Waals surface area contributed by atoms with Gasteiger partial charge < -0.3 is 5.73 Å². The van der Waals surface area contributed by atoms with Crippen molar-refractivity contribution in [2.45, 2.75) is 57.5 Å². The lowest BCUT2D eigenvalue weighted by Crippen LogP contribution is -2.45. The van der Waals surface area contributed by atoms with Crippen LogP contribution in [0.5, 0.6) is 0 Å². The molecule has 0 saturated heterocycles. The topological polar surface area (TPSA) is 96.6 Å². The molecule has 0 spiro atoms. The summed E-state index contributed by atoms with van der Waals surface area (Å²) in [6.45, 7) is 11.7. The minimum Gasteiger partial charge on any atom is -0.366 e. The van der Waals surface area contributed by atoms with Crippen molar-refractivity contribution in [2.75, 3.05) is 17.4 Å². The fraction of sp³-hybridized carbons (Fsp3) is 0.385. The standard InChI is InChI=1S/C26H34N4O3S2/c1-6-29(18-24-28-15-16-34-24)19(2)17-30(23-10-8-7-9-22(23)25(27)31)35(32,33)21-13-11-20(12-14-21)26(3,4)5/h7-16,19H,6,17-18H2,1-5H3,(H2,27,31). The largest absolute Gasteiger partial charge is 0.366 e. The molecule has 7 nitrogen and oxygen atoms in total. The van der Waals surface area contributed by atoms with Gasteiger partial charge in [0.05, 0.1) is 22.7 Å². The summed E-state index contributed by atoms with van der Waals surface area (Å²) in [5.74, 6) is -0.674. The highest BCUT2D eigenvalue weighted by Crippen LogP contribution is 2.30. The third kappa shape index (κ3) is 6.28. The quantitative estimate of drug-likeness (QED) is 0.425. The fourth-order valence-corrected chi connectivity index (χ4v) is 6.12. The zero-order valence-electron chi connectivity index (χ0n) is 20.9. The molecule has 3 aromatic rings. The molecule has 35 heavy (non-hydrogen) atoms. The summed E-state index contributed by atoms with van der Waals surface area (Å²) in [5.41, 5.74) is 7.00. The Bertz CT molecular complexity index is 1230. The molecular weight excluding hydrogens is 480 g/mol. The van der Waals surface area contributed by atoms with Crippen LogP contribution in [0.3, 0.4) is 0 Å². The summed E-state index contributed by atoms with van der Waals surface area (Å²) in [7, 11) is -3.99. The third-order valence-corrected chi connectivity index (χ3v) is 8.59. The first kappa shape index (κ1) is 26.8. The van der Waals surface area contributed by atoms with Gasteiger partial charge in [0.1, 0.15) is 5.01 Å². The number of carbonyl (C=O) groups excluding carboxylic acids is 1. The van der Waals surface area contributed by atoms with Crippen LogP contribution in [0.4, 0.5) is 5.69 Å². The predicted octanol–water partition coefficient (Wildman–Crippen LogP) is 4.65. The highest BCUT2D eigenvalue weighted by atomic mass is 32.2. The van der Waals surface area contributed by atoms with E-state index in [2.05, 4.69) is 30.7 Å². The zero-order chi connectivity index (χ0) is 25.8. The van der Waals surface area contributed by atoms with Crippen LogP contribution in [-0.2, 0) is 22.0 Å². The monoisotopic (exact) mass is 514 g/mol. The molecule has 0 saturated carbocycles. The Hall–Kier alpha value is -2.75. The smallest absolute Gasteiger partial charge is 0.264 e. The van der Waals surface area contributed by atoms with Crippen molar-refractivity contribution in [1.29, 1.82) is 0 Å². The van der Waals surface area contributed by atoms with Gasteiger partial charge in [-0.3, -0.25) is 14.0 Å². The van der Waals surface area contributed by atoms with E-state index >= 15 is 0 Å². The number of aromatic nitrogens is 1. The van der Waals surface area contributed by atoms with Gasteiger partial charge >= 0.3 is 0 Å². The van der Waals surface area contributed by atoms with Crippen molar-refractivity contribution in [2.24, 2.45) is 5.73 Å². The van der Waals surface area contributed by atoms with Gasteiger partial charge in [-0.05, 0) is 48.7 Å². The number of anilines is 1. The molecule has 0 aliphatic carbocycles. The maximum atomic E-state index is 14.0. The van der Waals surface area contributed by atoms with Crippen molar-refractivity contribution in [3.8, 4) is 0 Å². The first-order valence-corrected chi connectivity index (χ1v) is 13.9. The number of rotatable bonds is 10. The first-order chi connectivity index (χ1) is 16.4. The maximum absolute atomic E-state index is 14.0. The van der Waals surface area contributed by atoms with Crippen LogP contribution in [0.1, 0.15) is 55.5 Å². The van der Waals surface area contributed by atoms with E-state index in [1.54, 1.807) is 53.9 Å². The van der Waals surface area contributed by atoms with E-state index in [9.17, 15) is 13.2 Å². The second-order valence-electron chi connectivity index (χ2n) is 9.53. The van der Waals surface area contributed by atoms with Crippen LogP contribution >= 0.6 is 11.3 Å². The number of carbonyl (C=O) groups is 1. The maximum Gasteiger partial charge on any atom is 0.264 e. The van der Waals surface area contributed by atoms with Crippen molar-refractivity contribution < 1.29 is 13.2 Å². The van der Waals surface area contributed by atoms with Crippen LogP contribution in [0.25, 0.3) is 0 Å².